The van der Waals surface area contributed by atoms with Gasteiger partial charge in [-0.3, -0.25) is 24.0 Å². The minimum atomic E-state index is -4.47. The molecule has 0 heterocycles. The summed E-state index contributed by atoms with van der Waals surface area (Å²) in [5.41, 5.74) is 1.84. The summed E-state index contributed by atoms with van der Waals surface area (Å²) in [6.07, 6.45) is 0. The summed E-state index contributed by atoms with van der Waals surface area (Å²) in [5, 5.41) is 14.1. The predicted molar refractivity (Wildman–Crippen MR) is 151 cm³/mol. The number of ether oxygens (including phenoxy) is 1. The first kappa shape index (κ1) is 30.1. The Bertz CT molecular complexity index is 1490. The fraction of sp³-hybridized carbons (Fsp3) is 0.286. The Morgan fingerprint density at radius 2 is 1.65 bits per heavy atom. The molecular weight excluding hydrogens is 536 g/mol. The number of methoxy groups -OCH3 is 1. The number of rotatable bonds is 11. The number of carbonyl (C=O) groups excluding carboxylic acids is 2. The van der Waals surface area contributed by atoms with Gasteiger partial charge in [-0.05, 0) is 56.7 Å². The highest BCUT2D eigenvalue weighted by molar-refractivity contribution is 7.92. The number of benzene rings is 3. The lowest BCUT2D eigenvalue weighted by Crippen LogP contribution is -2.50. The van der Waals surface area contributed by atoms with Gasteiger partial charge in [0.1, 0.15) is 18.3 Å². The number of carbonyl (C=O) groups is 2. The maximum Gasteiger partial charge on any atom is 0.273 e. The minimum absolute atomic E-state index is 0.0558. The molecule has 12 heteroatoms. The lowest BCUT2D eigenvalue weighted by atomic mass is 10.1. The highest BCUT2D eigenvalue weighted by Crippen LogP contribution is 2.29. The molecule has 1 atom stereocenters. The van der Waals surface area contributed by atoms with Crippen LogP contribution in [0.5, 0.6) is 5.75 Å². The van der Waals surface area contributed by atoms with Gasteiger partial charge in [-0.25, -0.2) is 8.42 Å². The first-order valence-corrected chi connectivity index (χ1v) is 13.8. The summed E-state index contributed by atoms with van der Waals surface area (Å²) in [6, 6.07) is 16.1. The zero-order chi connectivity index (χ0) is 29.6. The van der Waals surface area contributed by atoms with Crippen molar-refractivity contribution >= 4 is 33.2 Å². The molecule has 0 fully saturated rings. The summed E-state index contributed by atoms with van der Waals surface area (Å²) in [7, 11) is -1.55. The van der Waals surface area contributed by atoms with E-state index in [1.165, 1.54) is 62.4 Å². The van der Waals surface area contributed by atoms with Crippen molar-refractivity contribution in [2.24, 2.45) is 0 Å². The van der Waals surface area contributed by atoms with E-state index in [2.05, 4.69) is 5.32 Å². The summed E-state index contributed by atoms with van der Waals surface area (Å²) < 4.78 is 33.9. The van der Waals surface area contributed by atoms with Gasteiger partial charge in [0.2, 0.25) is 11.8 Å². The van der Waals surface area contributed by atoms with Gasteiger partial charge in [-0.15, -0.1) is 0 Å². The van der Waals surface area contributed by atoms with Crippen molar-refractivity contribution in [2.75, 3.05) is 25.0 Å². The maximum atomic E-state index is 13.9. The number of anilines is 1. The Labute approximate surface area is 233 Å². The van der Waals surface area contributed by atoms with Crippen LogP contribution < -0.4 is 14.4 Å². The van der Waals surface area contributed by atoms with Gasteiger partial charge in [-0.2, -0.15) is 0 Å². The number of aryl methyl sites for hydroxylation is 2. The topological polar surface area (TPSA) is 139 Å². The molecule has 3 aromatic rings. The number of nitro benzene ring substituents is 1. The Balaban J connectivity index is 2.09. The largest absolute Gasteiger partial charge is 0.497 e. The van der Waals surface area contributed by atoms with Crippen molar-refractivity contribution in [3.8, 4) is 5.75 Å². The van der Waals surface area contributed by atoms with Crippen molar-refractivity contribution in [3.05, 3.63) is 93.5 Å². The first-order valence-electron chi connectivity index (χ1n) is 12.4. The van der Waals surface area contributed by atoms with Crippen LogP contribution in [-0.2, 0) is 26.2 Å². The lowest BCUT2D eigenvalue weighted by molar-refractivity contribution is -0.385. The van der Waals surface area contributed by atoms with Crippen molar-refractivity contribution in [2.45, 2.75) is 38.3 Å². The van der Waals surface area contributed by atoms with Gasteiger partial charge >= 0.3 is 0 Å². The van der Waals surface area contributed by atoms with Crippen molar-refractivity contribution in [1.29, 1.82) is 0 Å². The molecule has 3 rings (SSSR count). The molecule has 0 aliphatic rings. The van der Waals surface area contributed by atoms with E-state index < -0.39 is 39.3 Å². The number of hydrogen-bond donors (Lipinski definition) is 1. The van der Waals surface area contributed by atoms with E-state index in [4.69, 9.17) is 4.74 Å². The second-order valence-electron chi connectivity index (χ2n) is 9.21. The average Bonchev–Trinajstić information content (AvgIpc) is 2.94. The lowest BCUT2D eigenvalue weighted by Gasteiger charge is -2.31. The zero-order valence-electron chi connectivity index (χ0n) is 23.0. The van der Waals surface area contributed by atoms with E-state index in [0.29, 0.717) is 11.3 Å². The van der Waals surface area contributed by atoms with E-state index in [0.717, 1.165) is 21.5 Å². The average molecular weight is 569 g/mol. The first-order chi connectivity index (χ1) is 18.9. The molecule has 40 heavy (non-hydrogen) atoms. The van der Waals surface area contributed by atoms with Gasteiger partial charge in [0.25, 0.3) is 15.7 Å². The van der Waals surface area contributed by atoms with Crippen LogP contribution in [-0.4, -0.2) is 56.8 Å². The van der Waals surface area contributed by atoms with Gasteiger partial charge < -0.3 is 15.0 Å². The molecule has 0 aromatic heterocycles. The summed E-state index contributed by atoms with van der Waals surface area (Å²) in [6.45, 7) is 4.37. The second kappa shape index (κ2) is 12.6. The van der Waals surface area contributed by atoms with Crippen LogP contribution in [0.2, 0.25) is 0 Å². The van der Waals surface area contributed by atoms with E-state index in [9.17, 15) is 28.1 Å². The summed E-state index contributed by atoms with van der Waals surface area (Å²) in [5.74, 6) is -0.598. The number of hydrogen-bond acceptors (Lipinski definition) is 7. The monoisotopic (exact) mass is 568 g/mol. The van der Waals surface area contributed by atoms with Crippen LogP contribution >= 0.6 is 0 Å². The van der Waals surface area contributed by atoms with Gasteiger partial charge in [-0.1, -0.05) is 35.9 Å². The van der Waals surface area contributed by atoms with Crippen LogP contribution in [0.4, 0.5) is 11.4 Å². The molecule has 3 aromatic carbocycles. The highest BCUT2D eigenvalue weighted by atomic mass is 32.2. The maximum absolute atomic E-state index is 13.9. The van der Waals surface area contributed by atoms with Crippen LogP contribution in [0, 0.1) is 24.0 Å². The molecule has 212 valence electrons. The molecule has 0 saturated heterocycles. The number of nitro groups is 1. The summed E-state index contributed by atoms with van der Waals surface area (Å²) in [4.78, 5) is 38.2. The van der Waals surface area contributed by atoms with E-state index in [1.807, 2.05) is 31.2 Å². The van der Waals surface area contributed by atoms with Crippen molar-refractivity contribution in [3.63, 3.8) is 0 Å². The Morgan fingerprint density at radius 3 is 2.20 bits per heavy atom. The van der Waals surface area contributed by atoms with E-state index in [1.54, 1.807) is 6.92 Å². The molecule has 0 spiro atoms. The fourth-order valence-corrected chi connectivity index (χ4v) is 5.47. The molecular formula is C28H32N4O7S. The molecule has 2 amide bonds. The van der Waals surface area contributed by atoms with E-state index in [-0.39, 0.29) is 22.8 Å². The smallest absolute Gasteiger partial charge is 0.273 e. The zero-order valence-corrected chi connectivity index (χ0v) is 23.8. The predicted octanol–water partition coefficient (Wildman–Crippen LogP) is 3.58. The third-order valence-corrected chi connectivity index (χ3v) is 8.26. The Kier molecular flexibility index (Phi) is 9.48. The Hall–Kier alpha value is -4.45. The molecule has 0 bridgehead atoms. The normalized spacial score (nSPS) is 11.8. The van der Waals surface area contributed by atoms with Crippen LogP contribution in [0.15, 0.2) is 71.6 Å². The van der Waals surface area contributed by atoms with Crippen LogP contribution in [0.3, 0.4) is 0 Å². The minimum Gasteiger partial charge on any atom is -0.497 e. The Morgan fingerprint density at radius 1 is 1.02 bits per heavy atom. The number of nitrogens with zero attached hydrogens (tertiary/aromatic N) is 3. The van der Waals surface area contributed by atoms with E-state index >= 15 is 0 Å². The molecule has 1 N–H and O–H groups in total. The molecule has 0 radical (unpaired) electrons. The highest BCUT2D eigenvalue weighted by Gasteiger charge is 2.33. The SMILES string of the molecule is CNC(=O)[C@@H](C)N(Cc1ccc(C)cc1)C(=O)CN(c1ccc(OC)cc1)S(=O)(=O)c1ccc(C)c([N+](=O)[O-])c1. The quantitative estimate of drug-likeness (QED) is 0.276. The third-order valence-electron chi connectivity index (χ3n) is 6.49. The van der Waals surface area contributed by atoms with Gasteiger partial charge in [0.15, 0.2) is 0 Å². The number of amides is 2. The van der Waals surface area contributed by atoms with Crippen LogP contribution in [0.25, 0.3) is 0 Å². The van der Waals surface area contributed by atoms with Crippen LogP contribution in [0.1, 0.15) is 23.6 Å². The standard InChI is InChI=1S/C28H32N4O7S/c1-19-6-9-22(10-7-19)17-30(21(3)28(34)29-4)27(33)18-31(23-11-13-24(39-5)14-12-23)40(37,38)25-15-8-20(2)26(16-25)32(35)36/h6-16,21H,17-18H2,1-5H3,(H,29,34)/t21-/m1/s1. The molecule has 11 nitrogen and oxygen atoms in total. The molecule has 0 saturated carbocycles. The number of sulfonamides is 1. The third kappa shape index (κ3) is 6.75. The van der Waals surface area contributed by atoms with Gasteiger partial charge in [0.05, 0.1) is 22.6 Å². The number of likely N-dealkylation sites (N-methyl/N-ethyl adjacent to an activating group) is 1. The van der Waals surface area contributed by atoms with Crippen molar-refractivity contribution < 1.29 is 27.7 Å². The van der Waals surface area contributed by atoms with Gasteiger partial charge in [0, 0.05) is 25.2 Å². The number of nitrogens with one attached hydrogen (secondary N) is 1. The fourth-order valence-electron chi connectivity index (χ4n) is 4.03. The van der Waals surface area contributed by atoms with Crippen molar-refractivity contribution in [1.82, 2.24) is 10.2 Å². The molecule has 0 aliphatic carbocycles. The summed E-state index contributed by atoms with van der Waals surface area (Å²) >= 11 is 0. The molecule has 0 aliphatic heterocycles. The second-order valence-corrected chi connectivity index (χ2v) is 11.1. The molecule has 0 unspecified atom stereocenters.